The van der Waals surface area contributed by atoms with Crippen molar-refractivity contribution in [3.05, 3.63) is 95.1 Å². The molecule has 0 aliphatic heterocycles. The molecule has 0 unspecified atom stereocenters. The molecule has 40 heavy (non-hydrogen) atoms. The standard InChI is InChI=1S/C31H37N3O5S/c1-22-4-6-25(7-5-22)20-32-31(36)23(2)34(21-26-8-15-28(39-3)16-9-26)30(35)19-12-24-10-17-29(18-11-24)40(37,38)33-27-13-14-27/h4-11,15-18,23,27,33H,12-14,19-21H2,1-3H3,(H,32,36)/t23-/m1/s1. The molecule has 1 aliphatic carbocycles. The summed E-state index contributed by atoms with van der Waals surface area (Å²) < 4.78 is 32.8. The van der Waals surface area contributed by atoms with E-state index in [1.165, 1.54) is 0 Å². The van der Waals surface area contributed by atoms with Crippen LogP contribution in [0.4, 0.5) is 0 Å². The maximum atomic E-state index is 13.5. The number of methoxy groups -OCH3 is 1. The van der Waals surface area contributed by atoms with E-state index in [4.69, 9.17) is 4.74 Å². The molecule has 3 aromatic carbocycles. The summed E-state index contributed by atoms with van der Waals surface area (Å²) in [6, 6.07) is 21.3. The smallest absolute Gasteiger partial charge is 0.242 e. The second kappa shape index (κ2) is 13.1. The van der Waals surface area contributed by atoms with Gasteiger partial charge in [0, 0.05) is 25.6 Å². The van der Waals surface area contributed by atoms with E-state index in [1.807, 2.05) is 55.5 Å². The zero-order chi connectivity index (χ0) is 28.7. The highest BCUT2D eigenvalue weighted by molar-refractivity contribution is 7.89. The molecule has 0 bridgehead atoms. The van der Waals surface area contributed by atoms with Crippen molar-refractivity contribution in [2.45, 2.75) is 69.6 Å². The number of amides is 2. The second-order valence-electron chi connectivity index (χ2n) is 10.3. The minimum absolute atomic E-state index is 0.0371. The van der Waals surface area contributed by atoms with Crippen LogP contribution < -0.4 is 14.8 Å². The van der Waals surface area contributed by atoms with Gasteiger partial charge in [-0.2, -0.15) is 0 Å². The number of hydrogen-bond acceptors (Lipinski definition) is 5. The van der Waals surface area contributed by atoms with Gasteiger partial charge in [-0.1, -0.05) is 54.1 Å². The Labute approximate surface area is 236 Å². The highest BCUT2D eigenvalue weighted by atomic mass is 32.2. The van der Waals surface area contributed by atoms with E-state index in [2.05, 4.69) is 10.0 Å². The third-order valence-electron chi connectivity index (χ3n) is 7.03. The van der Waals surface area contributed by atoms with Crippen LogP contribution >= 0.6 is 0 Å². The molecule has 2 amide bonds. The minimum Gasteiger partial charge on any atom is -0.497 e. The lowest BCUT2D eigenvalue weighted by molar-refractivity contribution is -0.140. The van der Waals surface area contributed by atoms with Gasteiger partial charge >= 0.3 is 0 Å². The van der Waals surface area contributed by atoms with Crippen molar-refractivity contribution in [3.63, 3.8) is 0 Å². The molecule has 1 atom stereocenters. The Morgan fingerprint density at radius 2 is 1.52 bits per heavy atom. The van der Waals surface area contributed by atoms with Gasteiger partial charge in [-0.3, -0.25) is 9.59 Å². The van der Waals surface area contributed by atoms with E-state index in [0.29, 0.717) is 18.7 Å². The third kappa shape index (κ3) is 8.16. The maximum Gasteiger partial charge on any atom is 0.242 e. The summed E-state index contributed by atoms with van der Waals surface area (Å²) in [6.07, 6.45) is 2.34. The summed E-state index contributed by atoms with van der Waals surface area (Å²) in [5.74, 6) is 0.310. The van der Waals surface area contributed by atoms with Crippen molar-refractivity contribution >= 4 is 21.8 Å². The first kappa shape index (κ1) is 29.3. The van der Waals surface area contributed by atoms with Crippen LogP contribution in [0.2, 0.25) is 0 Å². The average Bonchev–Trinajstić information content (AvgIpc) is 3.77. The van der Waals surface area contributed by atoms with Gasteiger partial charge in [0.2, 0.25) is 21.8 Å². The number of aryl methyl sites for hydroxylation is 2. The van der Waals surface area contributed by atoms with Gasteiger partial charge in [0.05, 0.1) is 12.0 Å². The van der Waals surface area contributed by atoms with Crippen molar-refractivity contribution in [3.8, 4) is 5.75 Å². The maximum absolute atomic E-state index is 13.5. The molecular formula is C31H37N3O5S. The van der Waals surface area contributed by atoms with Crippen molar-refractivity contribution < 1.29 is 22.7 Å². The molecule has 0 saturated heterocycles. The first-order valence-corrected chi connectivity index (χ1v) is 15.0. The molecule has 1 saturated carbocycles. The number of carbonyl (C=O) groups excluding carboxylic acids is 2. The van der Waals surface area contributed by atoms with Crippen molar-refractivity contribution in [1.82, 2.24) is 14.9 Å². The summed E-state index contributed by atoms with van der Waals surface area (Å²) in [5.41, 5.74) is 3.85. The highest BCUT2D eigenvalue weighted by Gasteiger charge is 2.28. The molecule has 0 radical (unpaired) electrons. The van der Waals surface area contributed by atoms with Gasteiger partial charge < -0.3 is 15.0 Å². The average molecular weight is 564 g/mol. The van der Waals surface area contributed by atoms with E-state index in [9.17, 15) is 18.0 Å². The molecule has 1 aliphatic rings. The Hall–Kier alpha value is -3.69. The molecule has 0 spiro atoms. The zero-order valence-electron chi connectivity index (χ0n) is 23.2. The van der Waals surface area contributed by atoms with Crippen LogP contribution in [0.3, 0.4) is 0 Å². The van der Waals surface area contributed by atoms with E-state index < -0.39 is 16.1 Å². The van der Waals surface area contributed by atoms with Crippen LogP contribution in [0.15, 0.2) is 77.7 Å². The first-order chi connectivity index (χ1) is 19.1. The Morgan fingerprint density at radius 1 is 0.925 bits per heavy atom. The van der Waals surface area contributed by atoms with Crippen LogP contribution in [0.25, 0.3) is 0 Å². The van der Waals surface area contributed by atoms with Gasteiger partial charge in [-0.15, -0.1) is 0 Å². The molecule has 212 valence electrons. The van der Waals surface area contributed by atoms with Crippen LogP contribution in [0.5, 0.6) is 5.75 Å². The number of carbonyl (C=O) groups is 2. The molecule has 0 aromatic heterocycles. The second-order valence-corrected chi connectivity index (χ2v) is 12.0. The summed E-state index contributed by atoms with van der Waals surface area (Å²) in [7, 11) is -1.93. The van der Waals surface area contributed by atoms with Crippen LogP contribution in [0.1, 0.15) is 48.4 Å². The van der Waals surface area contributed by atoms with Gasteiger partial charge in [-0.25, -0.2) is 13.1 Å². The molecule has 9 heteroatoms. The molecule has 2 N–H and O–H groups in total. The number of benzene rings is 3. The zero-order valence-corrected chi connectivity index (χ0v) is 24.0. The lowest BCUT2D eigenvalue weighted by Crippen LogP contribution is -2.47. The summed E-state index contributed by atoms with van der Waals surface area (Å²) in [5, 5.41) is 2.95. The van der Waals surface area contributed by atoms with E-state index in [-0.39, 0.29) is 35.7 Å². The SMILES string of the molecule is COc1ccc(CN(C(=O)CCc2ccc(S(=O)(=O)NC3CC3)cc2)[C@H](C)C(=O)NCc2ccc(C)cc2)cc1. The van der Waals surface area contributed by atoms with E-state index in [0.717, 1.165) is 35.1 Å². The predicted molar refractivity (Wildman–Crippen MR) is 154 cm³/mol. The molecular weight excluding hydrogens is 526 g/mol. The molecule has 3 aromatic rings. The Balaban J connectivity index is 1.42. The number of rotatable bonds is 13. The molecule has 4 rings (SSSR count). The fourth-order valence-electron chi connectivity index (χ4n) is 4.27. The topological polar surface area (TPSA) is 105 Å². The van der Waals surface area contributed by atoms with Gasteiger partial charge in [0.1, 0.15) is 11.8 Å². The molecule has 8 nitrogen and oxygen atoms in total. The van der Waals surface area contributed by atoms with Crippen LogP contribution in [-0.2, 0) is 39.1 Å². The number of sulfonamides is 1. The van der Waals surface area contributed by atoms with E-state index >= 15 is 0 Å². The number of nitrogens with one attached hydrogen (secondary N) is 2. The lowest BCUT2D eigenvalue weighted by Gasteiger charge is -2.29. The number of nitrogens with zero attached hydrogens (tertiary/aromatic N) is 1. The van der Waals surface area contributed by atoms with Gasteiger partial charge in [0.25, 0.3) is 0 Å². The summed E-state index contributed by atoms with van der Waals surface area (Å²) in [4.78, 5) is 28.4. The predicted octanol–water partition coefficient (Wildman–Crippen LogP) is 4.11. The third-order valence-corrected chi connectivity index (χ3v) is 8.56. The Kier molecular flexibility index (Phi) is 9.60. The summed E-state index contributed by atoms with van der Waals surface area (Å²) in [6.45, 7) is 4.39. The summed E-state index contributed by atoms with van der Waals surface area (Å²) >= 11 is 0. The number of hydrogen-bond donors (Lipinski definition) is 2. The Morgan fingerprint density at radius 3 is 2.12 bits per heavy atom. The van der Waals surface area contributed by atoms with Crippen LogP contribution in [-0.4, -0.2) is 44.3 Å². The monoisotopic (exact) mass is 563 g/mol. The van der Waals surface area contributed by atoms with Crippen molar-refractivity contribution in [2.75, 3.05) is 7.11 Å². The molecule has 1 fully saturated rings. The fraction of sp³-hybridized carbons (Fsp3) is 0.355. The van der Waals surface area contributed by atoms with Gasteiger partial charge in [0.15, 0.2) is 0 Å². The number of ether oxygens (including phenoxy) is 1. The first-order valence-electron chi connectivity index (χ1n) is 13.5. The van der Waals surface area contributed by atoms with Crippen molar-refractivity contribution in [1.29, 1.82) is 0 Å². The normalized spacial score (nSPS) is 13.9. The van der Waals surface area contributed by atoms with Crippen LogP contribution in [0, 0.1) is 6.92 Å². The minimum atomic E-state index is -3.53. The van der Waals surface area contributed by atoms with Crippen molar-refractivity contribution in [2.24, 2.45) is 0 Å². The fourth-order valence-corrected chi connectivity index (χ4v) is 5.58. The quantitative estimate of drug-likeness (QED) is 0.326. The molecule has 0 heterocycles. The lowest BCUT2D eigenvalue weighted by atomic mass is 10.1. The highest BCUT2D eigenvalue weighted by Crippen LogP contribution is 2.23. The van der Waals surface area contributed by atoms with E-state index in [1.54, 1.807) is 43.2 Å². The Bertz CT molecular complexity index is 1400. The largest absolute Gasteiger partial charge is 0.497 e. The van der Waals surface area contributed by atoms with Gasteiger partial charge in [-0.05, 0) is 74.1 Å².